The number of ether oxygens (including phenoxy) is 1. The van der Waals surface area contributed by atoms with Crippen LogP contribution in [0.5, 0.6) is 5.75 Å². The number of hydrogen-bond donors (Lipinski definition) is 1. The predicted octanol–water partition coefficient (Wildman–Crippen LogP) is 5.12. The molecule has 3 aromatic rings. The highest BCUT2D eigenvalue weighted by Gasteiger charge is 2.04. The summed E-state index contributed by atoms with van der Waals surface area (Å²) in [4.78, 5) is 0. The van der Waals surface area contributed by atoms with E-state index in [-0.39, 0.29) is 0 Å². The van der Waals surface area contributed by atoms with Crippen LogP contribution < -0.4 is 10.1 Å². The zero-order valence-electron chi connectivity index (χ0n) is 14.0. The van der Waals surface area contributed by atoms with Gasteiger partial charge in [-0.3, -0.25) is 0 Å². The van der Waals surface area contributed by atoms with Crippen LogP contribution in [0.1, 0.15) is 29.7 Å². The molecule has 2 nitrogen and oxygen atoms in total. The van der Waals surface area contributed by atoms with E-state index in [1.807, 2.05) is 36.4 Å². The second-order valence-corrected chi connectivity index (χ2v) is 5.93. The molecule has 24 heavy (non-hydrogen) atoms. The van der Waals surface area contributed by atoms with Crippen molar-refractivity contribution < 1.29 is 4.74 Å². The van der Waals surface area contributed by atoms with Crippen LogP contribution in [-0.2, 0) is 13.2 Å². The van der Waals surface area contributed by atoms with Gasteiger partial charge in [0, 0.05) is 12.6 Å². The van der Waals surface area contributed by atoms with Crippen molar-refractivity contribution in [3.63, 3.8) is 0 Å². The summed E-state index contributed by atoms with van der Waals surface area (Å²) < 4.78 is 5.90. The Labute approximate surface area is 144 Å². The third-order valence-corrected chi connectivity index (χ3v) is 4.06. The van der Waals surface area contributed by atoms with E-state index in [0.29, 0.717) is 12.6 Å². The maximum Gasteiger partial charge on any atom is 0.120 e. The molecule has 0 aliphatic carbocycles. The minimum Gasteiger partial charge on any atom is -0.489 e. The Morgan fingerprint density at radius 3 is 2.21 bits per heavy atom. The molecular weight excluding hydrogens is 294 g/mol. The fourth-order valence-electron chi connectivity index (χ4n) is 2.62. The topological polar surface area (TPSA) is 21.3 Å². The first-order valence-corrected chi connectivity index (χ1v) is 8.35. The highest BCUT2D eigenvalue weighted by Crippen LogP contribution is 2.17. The molecule has 0 saturated carbocycles. The summed E-state index contributed by atoms with van der Waals surface area (Å²) in [6.45, 7) is 3.60. The van der Waals surface area contributed by atoms with Gasteiger partial charge in [-0.2, -0.15) is 0 Å². The lowest BCUT2D eigenvalue weighted by atomic mass is 10.1. The van der Waals surface area contributed by atoms with Crippen molar-refractivity contribution in [2.45, 2.75) is 26.1 Å². The van der Waals surface area contributed by atoms with Crippen LogP contribution >= 0.6 is 0 Å². The van der Waals surface area contributed by atoms with E-state index in [1.165, 1.54) is 16.7 Å². The van der Waals surface area contributed by atoms with Crippen LogP contribution in [0.25, 0.3) is 0 Å². The number of nitrogens with one attached hydrogen (secondary N) is 1. The van der Waals surface area contributed by atoms with Crippen molar-refractivity contribution >= 4 is 0 Å². The molecular formula is C22H23NO. The van der Waals surface area contributed by atoms with E-state index in [2.05, 4.69) is 60.8 Å². The van der Waals surface area contributed by atoms with Gasteiger partial charge < -0.3 is 10.1 Å². The molecule has 0 fully saturated rings. The van der Waals surface area contributed by atoms with Crippen LogP contribution in [0.3, 0.4) is 0 Å². The van der Waals surface area contributed by atoms with Gasteiger partial charge in [0.2, 0.25) is 0 Å². The Morgan fingerprint density at radius 2 is 1.46 bits per heavy atom. The molecule has 0 spiro atoms. The van der Waals surface area contributed by atoms with Gasteiger partial charge in [-0.05, 0) is 35.7 Å². The van der Waals surface area contributed by atoms with Gasteiger partial charge in [-0.1, -0.05) is 72.8 Å². The van der Waals surface area contributed by atoms with E-state index >= 15 is 0 Å². The fraction of sp³-hybridized carbons (Fsp3) is 0.182. The Morgan fingerprint density at radius 1 is 0.792 bits per heavy atom. The van der Waals surface area contributed by atoms with Crippen LogP contribution in [-0.4, -0.2) is 0 Å². The molecule has 0 heterocycles. The number of rotatable bonds is 7. The van der Waals surface area contributed by atoms with E-state index in [4.69, 9.17) is 4.74 Å². The zero-order chi connectivity index (χ0) is 16.6. The Balaban J connectivity index is 1.55. The third kappa shape index (κ3) is 4.71. The van der Waals surface area contributed by atoms with E-state index in [1.54, 1.807) is 0 Å². The molecule has 0 saturated heterocycles. The highest BCUT2D eigenvalue weighted by molar-refractivity contribution is 5.29. The molecule has 0 aliphatic rings. The average molecular weight is 317 g/mol. The van der Waals surface area contributed by atoms with Crippen molar-refractivity contribution in [3.8, 4) is 5.75 Å². The largest absolute Gasteiger partial charge is 0.489 e. The maximum atomic E-state index is 5.90. The molecule has 0 bridgehead atoms. The van der Waals surface area contributed by atoms with Gasteiger partial charge in [0.15, 0.2) is 0 Å². The van der Waals surface area contributed by atoms with Crippen molar-refractivity contribution in [1.29, 1.82) is 0 Å². The minimum atomic E-state index is 0.320. The molecule has 0 unspecified atom stereocenters. The maximum absolute atomic E-state index is 5.90. The van der Waals surface area contributed by atoms with E-state index in [9.17, 15) is 0 Å². The van der Waals surface area contributed by atoms with Crippen LogP contribution in [0.2, 0.25) is 0 Å². The molecule has 1 atom stereocenters. The number of hydrogen-bond acceptors (Lipinski definition) is 2. The van der Waals surface area contributed by atoms with Crippen molar-refractivity contribution in [1.82, 2.24) is 5.32 Å². The summed E-state index contributed by atoms with van der Waals surface area (Å²) in [6, 6.07) is 29.3. The van der Waals surface area contributed by atoms with Gasteiger partial charge in [0.25, 0.3) is 0 Å². The SMILES string of the molecule is C[C@@H](NCc1cccc(OCc2ccccc2)c1)c1ccccc1. The highest BCUT2D eigenvalue weighted by atomic mass is 16.5. The third-order valence-electron chi connectivity index (χ3n) is 4.06. The molecule has 122 valence electrons. The van der Waals surface area contributed by atoms with Gasteiger partial charge in [-0.15, -0.1) is 0 Å². The molecule has 0 aromatic heterocycles. The fourth-order valence-corrected chi connectivity index (χ4v) is 2.62. The summed E-state index contributed by atoms with van der Waals surface area (Å²) in [5.74, 6) is 0.908. The second-order valence-electron chi connectivity index (χ2n) is 5.93. The van der Waals surface area contributed by atoms with Gasteiger partial charge in [0.05, 0.1) is 0 Å². The van der Waals surface area contributed by atoms with Crippen LogP contribution in [0.4, 0.5) is 0 Å². The Kier molecular flexibility index (Phi) is 5.65. The lowest BCUT2D eigenvalue weighted by Gasteiger charge is -2.15. The summed E-state index contributed by atoms with van der Waals surface area (Å²) in [6.07, 6.45) is 0. The van der Waals surface area contributed by atoms with Crippen LogP contribution in [0, 0.1) is 0 Å². The first-order chi connectivity index (χ1) is 11.8. The Bertz CT molecular complexity index is 740. The van der Waals surface area contributed by atoms with Gasteiger partial charge in [0.1, 0.15) is 12.4 Å². The van der Waals surface area contributed by atoms with E-state index in [0.717, 1.165) is 12.3 Å². The first-order valence-electron chi connectivity index (χ1n) is 8.35. The molecule has 0 amide bonds. The summed E-state index contributed by atoms with van der Waals surface area (Å²) >= 11 is 0. The second kappa shape index (κ2) is 8.32. The molecule has 3 aromatic carbocycles. The molecule has 0 radical (unpaired) electrons. The normalized spacial score (nSPS) is 11.9. The summed E-state index contributed by atoms with van der Waals surface area (Å²) in [7, 11) is 0. The first kappa shape index (κ1) is 16.3. The molecule has 2 heteroatoms. The smallest absolute Gasteiger partial charge is 0.120 e. The summed E-state index contributed by atoms with van der Waals surface area (Å²) in [5.41, 5.74) is 3.70. The van der Waals surface area contributed by atoms with Crippen molar-refractivity contribution in [2.24, 2.45) is 0 Å². The van der Waals surface area contributed by atoms with Crippen LogP contribution in [0.15, 0.2) is 84.9 Å². The lowest BCUT2D eigenvalue weighted by molar-refractivity contribution is 0.306. The number of benzene rings is 3. The van der Waals surface area contributed by atoms with Gasteiger partial charge >= 0.3 is 0 Å². The Hall–Kier alpha value is -2.58. The average Bonchev–Trinajstić information content (AvgIpc) is 2.66. The molecule has 0 aliphatic heterocycles. The monoisotopic (exact) mass is 317 g/mol. The van der Waals surface area contributed by atoms with Crippen molar-refractivity contribution in [2.75, 3.05) is 0 Å². The lowest BCUT2D eigenvalue weighted by Crippen LogP contribution is -2.17. The predicted molar refractivity (Wildman–Crippen MR) is 98.9 cm³/mol. The minimum absolute atomic E-state index is 0.320. The standard InChI is InChI=1S/C22H23NO/c1-18(21-12-6-3-7-13-21)23-16-20-11-8-14-22(15-20)24-17-19-9-4-2-5-10-19/h2-15,18,23H,16-17H2,1H3/t18-/m1/s1. The quantitative estimate of drug-likeness (QED) is 0.653. The molecule has 3 rings (SSSR count). The molecule has 1 N–H and O–H groups in total. The van der Waals surface area contributed by atoms with Gasteiger partial charge in [-0.25, -0.2) is 0 Å². The zero-order valence-corrected chi connectivity index (χ0v) is 14.0. The van der Waals surface area contributed by atoms with Crippen molar-refractivity contribution in [3.05, 3.63) is 102 Å². The summed E-state index contributed by atoms with van der Waals surface area (Å²) in [5, 5.41) is 3.56. The van der Waals surface area contributed by atoms with E-state index < -0.39 is 0 Å².